The quantitative estimate of drug-likeness (QED) is 0.834. The number of hydrogen-bond acceptors (Lipinski definition) is 3. The van der Waals surface area contributed by atoms with E-state index in [1.807, 2.05) is 30.3 Å². The van der Waals surface area contributed by atoms with Crippen molar-refractivity contribution in [2.45, 2.75) is 6.61 Å². The molecule has 4 nitrogen and oxygen atoms in total. The predicted molar refractivity (Wildman–Crippen MR) is 71.7 cm³/mol. The lowest BCUT2D eigenvalue weighted by molar-refractivity contribution is -0.131. The van der Waals surface area contributed by atoms with E-state index in [0.29, 0.717) is 12.4 Å². The molecule has 1 N–H and O–H groups in total. The zero-order valence-corrected chi connectivity index (χ0v) is 10.2. The van der Waals surface area contributed by atoms with Crippen LogP contribution in [-0.4, -0.2) is 16.1 Å². The SMILES string of the molecule is O=C(O)/C=C/c1ccccc1OCc1ccccn1. The minimum absolute atomic E-state index is 0.346. The Morgan fingerprint density at radius 1 is 1.21 bits per heavy atom. The number of nitrogens with zero attached hydrogens (tertiary/aromatic N) is 1. The van der Waals surface area contributed by atoms with Crippen molar-refractivity contribution in [2.75, 3.05) is 0 Å². The van der Waals surface area contributed by atoms with Crippen LogP contribution in [0.4, 0.5) is 0 Å². The van der Waals surface area contributed by atoms with Gasteiger partial charge >= 0.3 is 5.97 Å². The number of carbonyl (C=O) groups is 1. The van der Waals surface area contributed by atoms with Crippen LogP contribution in [0, 0.1) is 0 Å². The fourth-order valence-corrected chi connectivity index (χ4v) is 1.55. The summed E-state index contributed by atoms with van der Waals surface area (Å²) in [5.41, 5.74) is 1.54. The molecular formula is C15H13NO3. The molecule has 19 heavy (non-hydrogen) atoms. The van der Waals surface area contributed by atoms with Crippen LogP contribution >= 0.6 is 0 Å². The van der Waals surface area contributed by atoms with Gasteiger partial charge in [-0.05, 0) is 24.3 Å². The molecule has 1 heterocycles. The Morgan fingerprint density at radius 3 is 2.74 bits per heavy atom. The zero-order chi connectivity index (χ0) is 13.5. The van der Waals surface area contributed by atoms with Gasteiger partial charge in [0.05, 0.1) is 5.69 Å². The third kappa shape index (κ3) is 3.96. The summed E-state index contributed by atoms with van der Waals surface area (Å²) in [6.45, 7) is 0.346. The maximum absolute atomic E-state index is 10.5. The first-order valence-electron chi connectivity index (χ1n) is 5.78. The Bertz CT molecular complexity index is 579. The molecule has 0 fully saturated rings. The second kappa shape index (κ2) is 6.35. The summed E-state index contributed by atoms with van der Waals surface area (Å²) in [7, 11) is 0. The average molecular weight is 255 g/mol. The number of carboxylic acids is 1. The maximum Gasteiger partial charge on any atom is 0.328 e. The molecule has 0 aliphatic carbocycles. The molecule has 96 valence electrons. The lowest BCUT2D eigenvalue weighted by Gasteiger charge is -2.08. The van der Waals surface area contributed by atoms with Gasteiger partial charge in [-0.3, -0.25) is 4.98 Å². The van der Waals surface area contributed by atoms with Crippen LogP contribution in [0.1, 0.15) is 11.3 Å². The molecule has 2 rings (SSSR count). The molecular weight excluding hydrogens is 242 g/mol. The van der Waals surface area contributed by atoms with Gasteiger partial charge in [-0.2, -0.15) is 0 Å². The monoisotopic (exact) mass is 255 g/mol. The first kappa shape index (κ1) is 12.8. The van der Waals surface area contributed by atoms with Gasteiger partial charge in [0.25, 0.3) is 0 Å². The molecule has 0 saturated heterocycles. The topological polar surface area (TPSA) is 59.4 Å². The molecule has 1 aromatic carbocycles. The molecule has 0 aliphatic heterocycles. The molecule has 0 amide bonds. The van der Waals surface area contributed by atoms with E-state index in [0.717, 1.165) is 17.3 Å². The van der Waals surface area contributed by atoms with E-state index in [2.05, 4.69) is 4.98 Å². The first-order chi connectivity index (χ1) is 9.25. The number of ether oxygens (including phenoxy) is 1. The Morgan fingerprint density at radius 2 is 2.00 bits per heavy atom. The van der Waals surface area contributed by atoms with Crippen LogP contribution < -0.4 is 4.74 Å². The smallest absolute Gasteiger partial charge is 0.328 e. The van der Waals surface area contributed by atoms with Gasteiger partial charge in [0.15, 0.2) is 0 Å². The van der Waals surface area contributed by atoms with Crippen molar-refractivity contribution >= 4 is 12.0 Å². The fraction of sp³-hybridized carbons (Fsp3) is 0.0667. The van der Waals surface area contributed by atoms with Gasteiger partial charge in [0.1, 0.15) is 12.4 Å². The highest BCUT2D eigenvalue weighted by Gasteiger charge is 2.01. The van der Waals surface area contributed by atoms with Crippen molar-refractivity contribution in [1.82, 2.24) is 4.98 Å². The second-order valence-electron chi connectivity index (χ2n) is 3.82. The number of para-hydroxylation sites is 1. The van der Waals surface area contributed by atoms with Crippen LogP contribution in [0.5, 0.6) is 5.75 Å². The van der Waals surface area contributed by atoms with Crippen LogP contribution in [-0.2, 0) is 11.4 Å². The van der Waals surface area contributed by atoms with Crippen molar-refractivity contribution in [1.29, 1.82) is 0 Å². The number of aromatic nitrogens is 1. The van der Waals surface area contributed by atoms with Crippen molar-refractivity contribution < 1.29 is 14.6 Å². The minimum Gasteiger partial charge on any atom is -0.487 e. The summed E-state index contributed by atoms with van der Waals surface area (Å²) in [6.07, 6.45) is 4.30. The van der Waals surface area contributed by atoms with Crippen molar-refractivity contribution in [3.05, 3.63) is 66.0 Å². The van der Waals surface area contributed by atoms with E-state index in [9.17, 15) is 4.79 Å². The molecule has 0 spiro atoms. The molecule has 4 heteroatoms. The van der Waals surface area contributed by atoms with Gasteiger partial charge in [-0.25, -0.2) is 4.79 Å². The third-order valence-electron chi connectivity index (χ3n) is 2.43. The summed E-state index contributed by atoms with van der Waals surface area (Å²) in [5, 5.41) is 8.64. The van der Waals surface area contributed by atoms with E-state index < -0.39 is 5.97 Å². The number of rotatable bonds is 5. The predicted octanol–water partition coefficient (Wildman–Crippen LogP) is 2.76. The maximum atomic E-state index is 10.5. The summed E-state index contributed by atoms with van der Waals surface area (Å²) in [4.78, 5) is 14.7. The van der Waals surface area contributed by atoms with Crippen LogP contribution in [0.25, 0.3) is 6.08 Å². The standard InChI is InChI=1S/C15H13NO3/c17-15(18)9-8-12-5-1-2-7-14(12)19-11-13-6-3-4-10-16-13/h1-10H,11H2,(H,17,18)/b9-8+. The van der Waals surface area contributed by atoms with Gasteiger partial charge in [-0.15, -0.1) is 0 Å². The Labute approximate surface area is 111 Å². The molecule has 0 atom stereocenters. The van der Waals surface area contributed by atoms with Gasteiger partial charge < -0.3 is 9.84 Å². The largest absolute Gasteiger partial charge is 0.487 e. The number of carboxylic acid groups (broad SMARTS) is 1. The number of hydrogen-bond donors (Lipinski definition) is 1. The highest BCUT2D eigenvalue weighted by atomic mass is 16.5. The summed E-state index contributed by atoms with van der Waals surface area (Å²) in [6, 6.07) is 12.9. The molecule has 0 saturated carbocycles. The molecule has 2 aromatic rings. The Kier molecular flexibility index (Phi) is 4.29. The highest BCUT2D eigenvalue weighted by molar-refractivity contribution is 5.85. The van der Waals surface area contributed by atoms with Gasteiger partial charge in [0, 0.05) is 17.8 Å². The summed E-state index contributed by atoms with van der Waals surface area (Å²) >= 11 is 0. The molecule has 0 unspecified atom stereocenters. The van der Waals surface area contributed by atoms with E-state index in [1.54, 1.807) is 18.3 Å². The summed E-state index contributed by atoms with van der Waals surface area (Å²) < 4.78 is 5.65. The number of aliphatic carboxylic acids is 1. The van der Waals surface area contributed by atoms with E-state index >= 15 is 0 Å². The fourth-order valence-electron chi connectivity index (χ4n) is 1.55. The van der Waals surface area contributed by atoms with Crippen molar-refractivity contribution in [3.63, 3.8) is 0 Å². The Balaban J connectivity index is 2.10. The molecule has 0 bridgehead atoms. The highest BCUT2D eigenvalue weighted by Crippen LogP contribution is 2.20. The zero-order valence-electron chi connectivity index (χ0n) is 10.2. The van der Waals surface area contributed by atoms with Crippen molar-refractivity contribution in [3.8, 4) is 5.75 Å². The molecule has 0 aliphatic rings. The number of pyridine rings is 1. The van der Waals surface area contributed by atoms with Gasteiger partial charge in [-0.1, -0.05) is 24.3 Å². The second-order valence-corrected chi connectivity index (χ2v) is 3.82. The third-order valence-corrected chi connectivity index (χ3v) is 2.43. The van der Waals surface area contributed by atoms with Gasteiger partial charge in [0.2, 0.25) is 0 Å². The van der Waals surface area contributed by atoms with Crippen LogP contribution in [0.15, 0.2) is 54.7 Å². The van der Waals surface area contributed by atoms with E-state index in [4.69, 9.17) is 9.84 Å². The summed E-state index contributed by atoms with van der Waals surface area (Å²) in [5.74, 6) is -0.356. The van der Waals surface area contributed by atoms with Crippen molar-refractivity contribution in [2.24, 2.45) is 0 Å². The molecule has 0 radical (unpaired) electrons. The lowest BCUT2D eigenvalue weighted by atomic mass is 10.2. The van der Waals surface area contributed by atoms with Crippen LogP contribution in [0.2, 0.25) is 0 Å². The van der Waals surface area contributed by atoms with E-state index in [1.165, 1.54) is 6.08 Å². The normalized spacial score (nSPS) is 10.5. The number of benzene rings is 1. The Hall–Kier alpha value is -2.62. The first-order valence-corrected chi connectivity index (χ1v) is 5.78. The molecule has 1 aromatic heterocycles. The van der Waals surface area contributed by atoms with Crippen LogP contribution in [0.3, 0.4) is 0 Å². The van der Waals surface area contributed by atoms with E-state index in [-0.39, 0.29) is 0 Å². The lowest BCUT2D eigenvalue weighted by Crippen LogP contribution is -1.98. The average Bonchev–Trinajstić information content (AvgIpc) is 2.45. The minimum atomic E-state index is -0.987.